The van der Waals surface area contributed by atoms with Crippen molar-refractivity contribution in [3.63, 3.8) is 0 Å². The highest BCUT2D eigenvalue weighted by Gasteiger charge is 2.22. The summed E-state index contributed by atoms with van der Waals surface area (Å²) >= 11 is 0. The molecule has 0 atom stereocenters. The van der Waals surface area contributed by atoms with Gasteiger partial charge >= 0.3 is 0 Å². The Balaban J connectivity index is 1.49. The predicted octanol–water partition coefficient (Wildman–Crippen LogP) is 3.46. The van der Waals surface area contributed by atoms with Crippen molar-refractivity contribution in [3.05, 3.63) is 59.8 Å². The summed E-state index contributed by atoms with van der Waals surface area (Å²) in [7, 11) is 0. The van der Waals surface area contributed by atoms with Crippen molar-refractivity contribution >= 4 is 34.7 Å². The third kappa shape index (κ3) is 5.02. The molecule has 2 aromatic heterocycles. The average molecular weight is 445 g/mol. The number of morpholine rings is 1. The number of aliphatic imine (C=N–C) groups is 1. The van der Waals surface area contributed by atoms with Gasteiger partial charge < -0.3 is 20.1 Å². The van der Waals surface area contributed by atoms with Gasteiger partial charge in [0.2, 0.25) is 0 Å². The van der Waals surface area contributed by atoms with Crippen LogP contribution in [0.25, 0.3) is 16.7 Å². The maximum atomic E-state index is 6.17. The minimum atomic E-state index is 0.390. The molecule has 2 N–H and O–H groups in total. The number of aromatic nitrogens is 3. The zero-order valence-corrected chi connectivity index (χ0v) is 18.6. The van der Waals surface area contributed by atoms with Crippen LogP contribution in [0.15, 0.2) is 53.5 Å². The van der Waals surface area contributed by atoms with Gasteiger partial charge in [-0.2, -0.15) is 4.98 Å². The molecule has 5 rings (SSSR count). The lowest BCUT2D eigenvalue weighted by atomic mass is 9.96. The average Bonchev–Trinajstić information content (AvgIpc) is 2.89. The van der Waals surface area contributed by atoms with Crippen molar-refractivity contribution in [1.82, 2.24) is 15.0 Å². The molecular formula is C25H28N6O2. The molecular weight excluding hydrogens is 416 g/mol. The number of anilines is 1. The van der Waals surface area contributed by atoms with Gasteiger partial charge in [-0.3, -0.25) is 0 Å². The summed E-state index contributed by atoms with van der Waals surface area (Å²) in [6.07, 6.45) is 5.40. The van der Waals surface area contributed by atoms with Crippen LogP contribution in [0, 0.1) is 0 Å². The lowest BCUT2D eigenvalue weighted by Crippen LogP contribution is -2.37. The highest BCUT2D eigenvalue weighted by molar-refractivity contribution is 5.88. The Morgan fingerprint density at radius 2 is 1.70 bits per heavy atom. The predicted molar refractivity (Wildman–Crippen MR) is 130 cm³/mol. The Labute approximate surface area is 193 Å². The van der Waals surface area contributed by atoms with E-state index in [1.54, 1.807) is 12.3 Å². The second-order valence-corrected chi connectivity index (χ2v) is 8.20. The molecule has 0 saturated carbocycles. The number of hydrogen-bond donors (Lipinski definition) is 1. The van der Waals surface area contributed by atoms with Gasteiger partial charge in [-0.25, -0.2) is 15.0 Å². The molecule has 0 amide bonds. The van der Waals surface area contributed by atoms with Crippen molar-refractivity contribution in [2.24, 2.45) is 10.7 Å². The van der Waals surface area contributed by atoms with E-state index >= 15 is 0 Å². The van der Waals surface area contributed by atoms with Crippen LogP contribution in [0.4, 0.5) is 11.8 Å². The summed E-state index contributed by atoms with van der Waals surface area (Å²) in [5.74, 6) is 1.61. The van der Waals surface area contributed by atoms with Crippen molar-refractivity contribution < 1.29 is 9.47 Å². The molecule has 2 fully saturated rings. The minimum absolute atomic E-state index is 0.390. The number of allylic oxidation sites excluding steroid dienone is 1. The zero-order valence-electron chi connectivity index (χ0n) is 18.6. The van der Waals surface area contributed by atoms with Gasteiger partial charge in [0.05, 0.1) is 18.7 Å². The van der Waals surface area contributed by atoms with E-state index in [0.717, 1.165) is 67.3 Å². The number of benzene rings is 1. The summed E-state index contributed by atoms with van der Waals surface area (Å²) in [4.78, 5) is 21.2. The summed E-state index contributed by atoms with van der Waals surface area (Å²) in [5, 5.41) is 0. The van der Waals surface area contributed by atoms with E-state index < -0.39 is 0 Å². The number of nitrogens with two attached hydrogens (primary N) is 1. The van der Waals surface area contributed by atoms with Gasteiger partial charge in [-0.05, 0) is 36.6 Å². The fraction of sp³-hybridized carbons (Fsp3) is 0.360. The first-order valence-electron chi connectivity index (χ1n) is 11.4. The number of nitrogens with zero attached hydrogens (tertiary/aromatic N) is 5. The molecule has 2 aliphatic heterocycles. The van der Waals surface area contributed by atoms with E-state index in [1.807, 2.05) is 36.4 Å². The van der Waals surface area contributed by atoms with Gasteiger partial charge in [-0.15, -0.1) is 0 Å². The Hall–Kier alpha value is -3.36. The quantitative estimate of drug-likeness (QED) is 0.602. The summed E-state index contributed by atoms with van der Waals surface area (Å²) in [5.41, 5.74) is 10.4. The number of hydrogen-bond acceptors (Lipinski definition) is 8. The third-order valence-corrected chi connectivity index (χ3v) is 6.04. The van der Waals surface area contributed by atoms with Gasteiger partial charge in [0.25, 0.3) is 5.95 Å². The van der Waals surface area contributed by atoms with Crippen molar-refractivity contribution in [2.75, 3.05) is 44.4 Å². The van der Waals surface area contributed by atoms with Gasteiger partial charge in [0.1, 0.15) is 5.52 Å². The molecule has 170 valence electrons. The summed E-state index contributed by atoms with van der Waals surface area (Å²) in [6.45, 7) is 4.42. The number of pyridine rings is 1. The summed E-state index contributed by atoms with van der Waals surface area (Å²) < 4.78 is 11.1. The number of ether oxygens (including phenoxy) is 2. The molecule has 3 aromatic rings. The van der Waals surface area contributed by atoms with Crippen LogP contribution in [0.5, 0.6) is 0 Å². The highest BCUT2D eigenvalue weighted by Crippen LogP contribution is 2.30. The van der Waals surface area contributed by atoms with E-state index in [1.165, 1.54) is 0 Å². The second kappa shape index (κ2) is 10.1. The van der Waals surface area contributed by atoms with E-state index in [0.29, 0.717) is 30.8 Å². The maximum Gasteiger partial charge on any atom is 0.251 e. The molecule has 4 heterocycles. The molecule has 0 bridgehead atoms. The molecule has 2 aliphatic rings. The lowest BCUT2D eigenvalue weighted by Gasteiger charge is -2.28. The Kier molecular flexibility index (Phi) is 6.55. The van der Waals surface area contributed by atoms with Crippen molar-refractivity contribution in [2.45, 2.75) is 18.8 Å². The molecule has 1 aromatic carbocycles. The first-order chi connectivity index (χ1) is 16.3. The number of rotatable bonds is 5. The van der Waals surface area contributed by atoms with Crippen LogP contribution in [-0.4, -0.2) is 60.7 Å². The molecule has 0 spiro atoms. The Morgan fingerprint density at radius 1 is 0.939 bits per heavy atom. The molecule has 0 unspecified atom stereocenters. The molecule has 0 aliphatic carbocycles. The van der Waals surface area contributed by atoms with Crippen LogP contribution >= 0.6 is 0 Å². The maximum absolute atomic E-state index is 6.17. The molecule has 8 nitrogen and oxygen atoms in total. The third-order valence-electron chi connectivity index (χ3n) is 6.04. The van der Waals surface area contributed by atoms with Crippen LogP contribution in [0.2, 0.25) is 0 Å². The Morgan fingerprint density at radius 3 is 2.48 bits per heavy atom. The van der Waals surface area contributed by atoms with Gasteiger partial charge in [-0.1, -0.05) is 30.3 Å². The normalized spacial score (nSPS) is 18.3. The smallest absolute Gasteiger partial charge is 0.251 e. The van der Waals surface area contributed by atoms with Crippen LogP contribution in [0.3, 0.4) is 0 Å². The van der Waals surface area contributed by atoms with E-state index in [4.69, 9.17) is 25.2 Å². The standard InChI is InChI=1S/C25H28N6O2/c26-20(18-4-2-1-3-5-18)8-11-27-25-29-22-7-6-21(19-9-14-32-15-10-19)28-23(22)24(30-25)31-12-16-33-17-13-31/h1-8,11,19H,9-10,12-17,26H2/b20-8-,27-11+. The van der Waals surface area contributed by atoms with Crippen LogP contribution < -0.4 is 10.6 Å². The first kappa shape index (κ1) is 21.5. The highest BCUT2D eigenvalue weighted by atomic mass is 16.5. The lowest BCUT2D eigenvalue weighted by molar-refractivity contribution is 0.0845. The molecule has 2 saturated heterocycles. The second-order valence-electron chi connectivity index (χ2n) is 8.20. The minimum Gasteiger partial charge on any atom is -0.398 e. The van der Waals surface area contributed by atoms with E-state index in [2.05, 4.69) is 20.9 Å². The topological polar surface area (TPSA) is 98.8 Å². The number of fused-ring (bicyclic) bond motifs is 1. The molecule has 8 heteroatoms. The Bertz CT molecular complexity index is 1150. The first-order valence-corrected chi connectivity index (χ1v) is 11.4. The van der Waals surface area contributed by atoms with Gasteiger partial charge in [0.15, 0.2) is 5.82 Å². The fourth-order valence-electron chi connectivity index (χ4n) is 4.19. The van der Waals surface area contributed by atoms with Gasteiger partial charge in [0, 0.05) is 49.8 Å². The van der Waals surface area contributed by atoms with Crippen molar-refractivity contribution in [1.29, 1.82) is 0 Å². The molecule has 33 heavy (non-hydrogen) atoms. The van der Waals surface area contributed by atoms with Crippen LogP contribution in [0.1, 0.15) is 30.0 Å². The summed E-state index contributed by atoms with van der Waals surface area (Å²) in [6, 6.07) is 13.9. The van der Waals surface area contributed by atoms with E-state index in [-0.39, 0.29) is 0 Å². The largest absolute Gasteiger partial charge is 0.398 e. The molecule has 0 radical (unpaired) electrons. The van der Waals surface area contributed by atoms with Crippen LogP contribution in [-0.2, 0) is 9.47 Å². The van der Waals surface area contributed by atoms with Crippen molar-refractivity contribution in [3.8, 4) is 0 Å². The fourth-order valence-corrected chi connectivity index (χ4v) is 4.19. The van der Waals surface area contributed by atoms with E-state index in [9.17, 15) is 0 Å². The SMILES string of the molecule is N/C(=C\C=N\c1nc(N2CCOCC2)c2nc(C3CCOCC3)ccc2n1)c1ccccc1. The monoisotopic (exact) mass is 444 g/mol. The zero-order chi connectivity index (χ0) is 22.5.